The molecule has 0 saturated heterocycles. The summed E-state index contributed by atoms with van der Waals surface area (Å²) in [7, 11) is 0. The molecule has 0 atom stereocenters. The summed E-state index contributed by atoms with van der Waals surface area (Å²) in [5.41, 5.74) is 0.693. The third-order valence-corrected chi connectivity index (χ3v) is 3.12. The van der Waals surface area contributed by atoms with Crippen LogP contribution in [0.1, 0.15) is 0 Å². The largest absolute Gasteiger partial charge is 0.508 e. The molecule has 0 amide bonds. The fraction of sp³-hybridized carbons (Fsp3) is 0. The van der Waals surface area contributed by atoms with Gasteiger partial charge in [-0.05, 0) is 29.8 Å². The van der Waals surface area contributed by atoms with E-state index in [9.17, 15) is 20.1 Å². The van der Waals surface area contributed by atoms with Gasteiger partial charge in [0, 0.05) is 23.2 Å². The highest BCUT2D eigenvalue weighted by Gasteiger charge is 2.12. The lowest BCUT2D eigenvalue weighted by Crippen LogP contribution is -2.05. The van der Waals surface area contributed by atoms with E-state index in [-0.39, 0.29) is 22.8 Å². The van der Waals surface area contributed by atoms with Crippen LogP contribution >= 0.6 is 0 Å². The Morgan fingerprint density at radius 2 is 1.65 bits per heavy atom. The third-order valence-electron chi connectivity index (χ3n) is 3.12. The molecule has 3 rings (SSSR count). The molecule has 2 aromatic carbocycles. The Hall–Kier alpha value is -2.95. The minimum Gasteiger partial charge on any atom is -0.508 e. The minimum absolute atomic E-state index is 0.0357. The van der Waals surface area contributed by atoms with Gasteiger partial charge in [-0.3, -0.25) is 4.79 Å². The van der Waals surface area contributed by atoms with Crippen LogP contribution in [0.25, 0.3) is 21.9 Å². The molecule has 0 aliphatic carbocycles. The molecule has 4 N–H and O–H groups in total. The Bertz CT molecular complexity index is 847. The molecule has 0 fully saturated rings. The Morgan fingerprint density at radius 1 is 0.950 bits per heavy atom. The Balaban J connectivity index is 2.43. The molecule has 0 bridgehead atoms. The number of pyridine rings is 1. The van der Waals surface area contributed by atoms with Crippen molar-refractivity contribution in [1.29, 1.82) is 0 Å². The van der Waals surface area contributed by atoms with Gasteiger partial charge >= 0.3 is 0 Å². The van der Waals surface area contributed by atoms with Crippen molar-refractivity contribution in [2.75, 3.05) is 0 Å². The molecule has 0 aliphatic rings. The van der Waals surface area contributed by atoms with Crippen molar-refractivity contribution < 1.29 is 15.3 Å². The lowest BCUT2D eigenvalue weighted by Gasteiger charge is -2.09. The van der Waals surface area contributed by atoms with Gasteiger partial charge in [-0.15, -0.1) is 0 Å². The second kappa shape index (κ2) is 4.31. The van der Waals surface area contributed by atoms with Crippen molar-refractivity contribution in [3.8, 4) is 28.4 Å². The second-order valence-corrected chi connectivity index (χ2v) is 4.47. The molecule has 100 valence electrons. The fourth-order valence-electron chi connectivity index (χ4n) is 2.28. The predicted octanol–water partition coefficient (Wildman–Crippen LogP) is 2.31. The number of rotatable bonds is 1. The van der Waals surface area contributed by atoms with E-state index in [1.807, 2.05) is 0 Å². The number of H-pyrrole nitrogens is 1. The van der Waals surface area contributed by atoms with Crippen LogP contribution in [-0.2, 0) is 0 Å². The summed E-state index contributed by atoms with van der Waals surface area (Å²) in [6.07, 6.45) is 1.44. The zero-order valence-electron chi connectivity index (χ0n) is 10.3. The van der Waals surface area contributed by atoms with E-state index in [0.717, 1.165) is 0 Å². The van der Waals surface area contributed by atoms with E-state index in [1.54, 1.807) is 12.1 Å². The molecule has 0 unspecified atom stereocenters. The molecular formula is C15H11NO4. The maximum atomic E-state index is 11.8. The number of nitrogens with one attached hydrogen (secondary N) is 1. The monoisotopic (exact) mass is 269 g/mol. The summed E-state index contributed by atoms with van der Waals surface area (Å²) in [4.78, 5) is 14.4. The van der Waals surface area contributed by atoms with E-state index in [4.69, 9.17) is 0 Å². The highest BCUT2D eigenvalue weighted by atomic mass is 16.3. The quantitative estimate of drug-likeness (QED) is 0.545. The topological polar surface area (TPSA) is 93.6 Å². The number of fused-ring (bicyclic) bond motifs is 1. The first-order valence-electron chi connectivity index (χ1n) is 5.93. The van der Waals surface area contributed by atoms with Crippen LogP contribution in [0.4, 0.5) is 0 Å². The molecule has 1 heterocycles. The molecule has 0 saturated carbocycles. The highest BCUT2D eigenvalue weighted by Crippen LogP contribution is 2.35. The van der Waals surface area contributed by atoms with Crippen LogP contribution < -0.4 is 5.56 Å². The first kappa shape index (κ1) is 12.1. The normalized spacial score (nSPS) is 10.8. The van der Waals surface area contributed by atoms with Crippen molar-refractivity contribution in [2.45, 2.75) is 0 Å². The van der Waals surface area contributed by atoms with Gasteiger partial charge in [-0.2, -0.15) is 0 Å². The molecule has 5 nitrogen and oxygen atoms in total. The van der Waals surface area contributed by atoms with Crippen LogP contribution in [0, 0.1) is 0 Å². The Kier molecular flexibility index (Phi) is 2.61. The first-order chi connectivity index (χ1) is 9.56. The lowest BCUT2D eigenvalue weighted by molar-refractivity contribution is 0.451. The molecule has 0 aliphatic heterocycles. The smallest absolute Gasteiger partial charge is 0.255 e. The van der Waals surface area contributed by atoms with Crippen LogP contribution in [0.5, 0.6) is 17.2 Å². The molecule has 5 heteroatoms. The summed E-state index contributed by atoms with van der Waals surface area (Å²) >= 11 is 0. The van der Waals surface area contributed by atoms with Crippen LogP contribution in [0.3, 0.4) is 0 Å². The van der Waals surface area contributed by atoms with Crippen molar-refractivity contribution in [2.24, 2.45) is 0 Å². The average molecular weight is 269 g/mol. The van der Waals surface area contributed by atoms with Crippen LogP contribution in [0.15, 0.2) is 47.4 Å². The highest BCUT2D eigenvalue weighted by molar-refractivity contribution is 6.00. The van der Waals surface area contributed by atoms with Gasteiger partial charge in [0.2, 0.25) is 0 Å². The van der Waals surface area contributed by atoms with E-state index in [0.29, 0.717) is 21.9 Å². The average Bonchev–Trinajstić information content (AvgIpc) is 2.39. The van der Waals surface area contributed by atoms with Gasteiger partial charge in [0.25, 0.3) is 5.56 Å². The summed E-state index contributed by atoms with van der Waals surface area (Å²) in [6.45, 7) is 0. The molecule has 3 aromatic rings. The molecule has 20 heavy (non-hydrogen) atoms. The number of phenolic OH excluding ortho intramolecular Hbond substituents is 3. The van der Waals surface area contributed by atoms with Crippen molar-refractivity contribution in [3.05, 3.63) is 52.9 Å². The molecule has 0 radical (unpaired) electrons. The van der Waals surface area contributed by atoms with E-state index in [2.05, 4.69) is 4.98 Å². The second-order valence-electron chi connectivity index (χ2n) is 4.47. The van der Waals surface area contributed by atoms with Gasteiger partial charge in [0.1, 0.15) is 17.2 Å². The number of hydrogen-bond donors (Lipinski definition) is 4. The standard InChI is InChI=1S/C15H11NO4/c17-9-4-8(5-10(18)6-9)12-7-16-15(20)11-2-1-3-13(19)14(11)12/h1-7,17-19H,(H,16,20). The maximum absolute atomic E-state index is 11.8. The van der Waals surface area contributed by atoms with Gasteiger partial charge < -0.3 is 20.3 Å². The van der Waals surface area contributed by atoms with Crippen molar-refractivity contribution >= 4 is 10.8 Å². The fourth-order valence-corrected chi connectivity index (χ4v) is 2.28. The van der Waals surface area contributed by atoms with Gasteiger partial charge in [0.15, 0.2) is 0 Å². The number of benzene rings is 2. The SMILES string of the molecule is O=c1[nH]cc(-c2cc(O)cc(O)c2)c2c(O)cccc12. The van der Waals surface area contributed by atoms with Crippen LogP contribution in [-0.4, -0.2) is 20.3 Å². The molecule has 0 spiro atoms. The summed E-state index contributed by atoms with van der Waals surface area (Å²) < 4.78 is 0. The summed E-state index contributed by atoms with van der Waals surface area (Å²) in [6, 6.07) is 8.75. The number of phenols is 3. The predicted molar refractivity (Wildman–Crippen MR) is 75.0 cm³/mol. The van der Waals surface area contributed by atoms with E-state index < -0.39 is 0 Å². The van der Waals surface area contributed by atoms with Crippen molar-refractivity contribution in [1.82, 2.24) is 4.98 Å². The van der Waals surface area contributed by atoms with Crippen LogP contribution in [0.2, 0.25) is 0 Å². The number of hydrogen-bond acceptors (Lipinski definition) is 4. The van der Waals surface area contributed by atoms with E-state index >= 15 is 0 Å². The number of aromatic hydroxyl groups is 3. The molecule has 1 aromatic heterocycles. The maximum Gasteiger partial charge on any atom is 0.255 e. The molecular weight excluding hydrogens is 258 g/mol. The summed E-state index contributed by atoms with van der Waals surface area (Å²) in [5, 5.41) is 29.8. The first-order valence-corrected chi connectivity index (χ1v) is 5.93. The summed E-state index contributed by atoms with van der Waals surface area (Å²) in [5.74, 6) is -0.240. The zero-order valence-corrected chi connectivity index (χ0v) is 10.3. The Morgan fingerprint density at radius 3 is 2.35 bits per heavy atom. The van der Waals surface area contributed by atoms with E-state index in [1.165, 1.54) is 30.5 Å². The van der Waals surface area contributed by atoms with Crippen molar-refractivity contribution in [3.63, 3.8) is 0 Å². The number of aromatic amines is 1. The van der Waals surface area contributed by atoms with Gasteiger partial charge in [-0.1, -0.05) is 6.07 Å². The minimum atomic E-state index is -0.316. The zero-order chi connectivity index (χ0) is 14.3. The third kappa shape index (κ3) is 1.85. The lowest BCUT2D eigenvalue weighted by atomic mass is 9.99. The van der Waals surface area contributed by atoms with Gasteiger partial charge in [0.05, 0.1) is 5.39 Å². The van der Waals surface area contributed by atoms with Gasteiger partial charge in [-0.25, -0.2) is 0 Å². The Labute approximate surface area is 113 Å². The number of aromatic nitrogens is 1.